The number of fused-ring (bicyclic) bond motifs is 1. The van der Waals surface area contributed by atoms with Crippen LogP contribution < -0.4 is 4.74 Å². The fourth-order valence-corrected chi connectivity index (χ4v) is 2.20. The van der Waals surface area contributed by atoms with Crippen LogP contribution in [0.5, 0.6) is 5.75 Å². The maximum absolute atomic E-state index is 13.6. The van der Waals surface area contributed by atoms with Crippen molar-refractivity contribution in [3.63, 3.8) is 0 Å². The van der Waals surface area contributed by atoms with Gasteiger partial charge in [-0.15, -0.1) is 0 Å². The molecule has 1 heterocycles. The summed E-state index contributed by atoms with van der Waals surface area (Å²) in [7, 11) is 0. The monoisotopic (exact) mass is 324 g/mol. The van der Waals surface area contributed by atoms with Crippen molar-refractivity contribution in [3.05, 3.63) is 29.3 Å². The molecule has 0 N–H and O–H groups in total. The van der Waals surface area contributed by atoms with Gasteiger partial charge in [-0.3, -0.25) is 0 Å². The minimum absolute atomic E-state index is 0.0163. The molecule has 0 bridgehead atoms. The second-order valence-electron chi connectivity index (χ2n) is 4.89. The highest BCUT2D eigenvalue weighted by Gasteiger charge is 2.45. The van der Waals surface area contributed by atoms with E-state index in [0.717, 1.165) is 12.1 Å². The summed E-state index contributed by atoms with van der Waals surface area (Å²) in [6.07, 6.45) is -6.53. The van der Waals surface area contributed by atoms with E-state index in [-0.39, 0.29) is 18.8 Å². The zero-order valence-corrected chi connectivity index (χ0v) is 11.5. The molecule has 0 spiro atoms. The smallest absolute Gasteiger partial charge is 0.416 e. The second-order valence-corrected chi connectivity index (χ2v) is 4.89. The molecular weight excluding hydrogens is 311 g/mol. The largest absolute Gasteiger partial charge is 0.490 e. The van der Waals surface area contributed by atoms with E-state index in [1.165, 1.54) is 13.0 Å². The van der Waals surface area contributed by atoms with Crippen molar-refractivity contribution in [3.8, 4) is 5.75 Å². The Balaban J connectivity index is 2.08. The van der Waals surface area contributed by atoms with Gasteiger partial charge in [0, 0.05) is 6.42 Å². The molecule has 0 radical (unpaired) electrons. The Morgan fingerprint density at radius 1 is 1.32 bits per heavy atom. The van der Waals surface area contributed by atoms with Crippen molar-refractivity contribution in [2.24, 2.45) is 0 Å². The molecular formula is C14H13F5O3. The summed E-state index contributed by atoms with van der Waals surface area (Å²) in [6, 6.07) is 2.84. The van der Waals surface area contributed by atoms with Crippen LogP contribution in [0.1, 0.15) is 24.5 Å². The number of halogens is 5. The Labute approximate surface area is 123 Å². The van der Waals surface area contributed by atoms with Crippen LogP contribution in [0.25, 0.3) is 0 Å². The Bertz CT molecular complexity index is 568. The molecule has 0 saturated heterocycles. The first-order chi connectivity index (χ1) is 10.1. The molecule has 1 aromatic rings. The van der Waals surface area contributed by atoms with Gasteiger partial charge in [0.25, 0.3) is 0 Å². The molecule has 0 aliphatic carbocycles. The van der Waals surface area contributed by atoms with E-state index < -0.39 is 36.2 Å². The van der Waals surface area contributed by atoms with Crippen LogP contribution in [0, 0.1) is 0 Å². The highest BCUT2D eigenvalue weighted by molar-refractivity contribution is 5.77. The van der Waals surface area contributed by atoms with Crippen LogP contribution in [-0.4, -0.2) is 24.6 Å². The quantitative estimate of drug-likeness (QED) is 0.627. The van der Waals surface area contributed by atoms with Crippen molar-refractivity contribution in [1.29, 1.82) is 0 Å². The normalized spacial score (nSPS) is 17.8. The van der Waals surface area contributed by atoms with Crippen LogP contribution >= 0.6 is 0 Å². The minimum Gasteiger partial charge on any atom is -0.490 e. The van der Waals surface area contributed by atoms with E-state index in [0.29, 0.717) is 5.56 Å². The average Bonchev–Trinajstić information content (AvgIpc) is 2.78. The molecule has 2 rings (SSSR count). The lowest BCUT2D eigenvalue weighted by molar-refractivity contribution is -0.174. The lowest BCUT2D eigenvalue weighted by atomic mass is 10.0. The van der Waals surface area contributed by atoms with Crippen molar-refractivity contribution in [2.75, 3.05) is 6.61 Å². The van der Waals surface area contributed by atoms with Gasteiger partial charge in [0.05, 0.1) is 18.6 Å². The summed E-state index contributed by atoms with van der Waals surface area (Å²) in [5, 5.41) is 0. The number of carbonyl (C=O) groups excluding carboxylic acids is 1. The van der Waals surface area contributed by atoms with E-state index >= 15 is 0 Å². The van der Waals surface area contributed by atoms with Gasteiger partial charge in [-0.1, -0.05) is 6.07 Å². The third-order valence-corrected chi connectivity index (χ3v) is 3.19. The summed E-state index contributed by atoms with van der Waals surface area (Å²) in [4.78, 5) is 11.1. The number of esters is 1. The Hall–Kier alpha value is -1.86. The minimum atomic E-state index is -4.54. The van der Waals surface area contributed by atoms with Gasteiger partial charge in [-0.05, 0) is 24.6 Å². The van der Waals surface area contributed by atoms with Gasteiger partial charge in [-0.25, -0.2) is 4.79 Å². The van der Waals surface area contributed by atoms with Crippen LogP contribution in [0.4, 0.5) is 22.0 Å². The van der Waals surface area contributed by atoms with E-state index in [2.05, 4.69) is 4.74 Å². The predicted octanol–water partition coefficient (Wildman–Crippen LogP) is 3.60. The highest BCUT2D eigenvalue weighted by atomic mass is 19.4. The molecule has 0 amide bonds. The van der Waals surface area contributed by atoms with Gasteiger partial charge in [-0.2, -0.15) is 22.0 Å². The first-order valence-electron chi connectivity index (χ1n) is 6.55. The molecule has 22 heavy (non-hydrogen) atoms. The third-order valence-electron chi connectivity index (χ3n) is 3.19. The van der Waals surface area contributed by atoms with E-state index in [1.54, 1.807) is 0 Å². The van der Waals surface area contributed by atoms with Gasteiger partial charge in [0.15, 0.2) is 0 Å². The molecule has 1 aliphatic heterocycles. The molecule has 1 atom stereocenters. The fraction of sp³-hybridized carbons (Fsp3) is 0.500. The molecule has 8 heteroatoms. The number of hydrogen-bond acceptors (Lipinski definition) is 3. The number of ether oxygens (including phenoxy) is 2. The van der Waals surface area contributed by atoms with Crippen LogP contribution in [-0.2, 0) is 22.1 Å². The first-order valence-corrected chi connectivity index (χ1v) is 6.55. The summed E-state index contributed by atoms with van der Waals surface area (Å²) < 4.78 is 74.3. The standard InChI is InChI=1S/C14H13F5O3/c1-2-21-12(20)13(15,16)7-10-5-8-3-4-9(14(17,18)19)6-11(8)22-10/h3-4,6,10H,2,5,7H2,1H3. The molecule has 1 aromatic carbocycles. The van der Waals surface area contributed by atoms with Crippen molar-refractivity contribution < 1.29 is 36.2 Å². The second kappa shape index (κ2) is 5.73. The lowest BCUT2D eigenvalue weighted by Crippen LogP contribution is -2.36. The third kappa shape index (κ3) is 3.48. The van der Waals surface area contributed by atoms with Crippen molar-refractivity contribution in [1.82, 2.24) is 0 Å². The predicted molar refractivity (Wildman–Crippen MR) is 65.8 cm³/mol. The van der Waals surface area contributed by atoms with Gasteiger partial charge in [0.1, 0.15) is 11.9 Å². The Morgan fingerprint density at radius 2 is 2.00 bits per heavy atom. The van der Waals surface area contributed by atoms with Crippen LogP contribution in [0.15, 0.2) is 18.2 Å². The number of carbonyl (C=O) groups is 1. The number of rotatable bonds is 4. The molecule has 0 aromatic heterocycles. The zero-order chi connectivity index (χ0) is 16.5. The fourth-order valence-electron chi connectivity index (χ4n) is 2.20. The summed E-state index contributed by atoms with van der Waals surface area (Å²) in [5.41, 5.74) is -0.512. The molecule has 1 aliphatic rings. The number of hydrogen-bond donors (Lipinski definition) is 0. The van der Waals surface area contributed by atoms with Gasteiger partial charge >= 0.3 is 18.1 Å². The molecule has 3 nitrogen and oxygen atoms in total. The molecule has 122 valence electrons. The SMILES string of the molecule is CCOC(=O)C(F)(F)CC1Cc2ccc(C(F)(F)F)cc2O1. The van der Waals surface area contributed by atoms with E-state index in [1.807, 2.05) is 0 Å². The summed E-state index contributed by atoms with van der Waals surface area (Å²) in [5.74, 6) is -5.49. The maximum Gasteiger partial charge on any atom is 0.416 e. The van der Waals surface area contributed by atoms with E-state index in [4.69, 9.17) is 4.74 Å². The topological polar surface area (TPSA) is 35.5 Å². The zero-order valence-electron chi connectivity index (χ0n) is 11.5. The summed E-state index contributed by atoms with van der Waals surface area (Å²) >= 11 is 0. The Morgan fingerprint density at radius 3 is 2.59 bits per heavy atom. The van der Waals surface area contributed by atoms with Crippen LogP contribution in [0.2, 0.25) is 0 Å². The number of benzene rings is 1. The molecule has 0 fully saturated rings. The van der Waals surface area contributed by atoms with E-state index in [9.17, 15) is 26.7 Å². The number of alkyl halides is 5. The maximum atomic E-state index is 13.6. The first kappa shape index (κ1) is 16.5. The molecule has 1 unspecified atom stereocenters. The average molecular weight is 324 g/mol. The Kier molecular flexibility index (Phi) is 4.30. The summed E-state index contributed by atoms with van der Waals surface area (Å²) in [6.45, 7) is 1.21. The van der Waals surface area contributed by atoms with Crippen molar-refractivity contribution >= 4 is 5.97 Å². The molecule has 0 saturated carbocycles. The highest BCUT2D eigenvalue weighted by Crippen LogP contribution is 2.38. The van der Waals surface area contributed by atoms with Gasteiger partial charge in [0.2, 0.25) is 0 Å². The van der Waals surface area contributed by atoms with Crippen molar-refractivity contribution in [2.45, 2.75) is 38.0 Å². The van der Waals surface area contributed by atoms with Gasteiger partial charge < -0.3 is 9.47 Å². The van der Waals surface area contributed by atoms with Crippen LogP contribution in [0.3, 0.4) is 0 Å². The lowest BCUT2D eigenvalue weighted by Gasteiger charge is -2.18.